The van der Waals surface area contributed by atoms with Crippen LogP contribution in [-0.4, -0.2) is 30.2 Å². The lowest BCUT2D eigenvalue weighted by atomic mass is 10.2. The van der Waals surface area contributed by atoms with Crippen molar-refractivity contribution in [1.29, 1.82) is 0 Å². The number of benzene rings is 3. The predicted octanol–water partition coefficient (Wildman–Crippen LogP) is 4.90. The molecule has 0 aliphatic carbocycles. The Bertz CT molecular complexity index is 1280. The molecule has 0 saturated heterocycles. The van der Waals surface area contributed by atoms with E-state index in [0.29, 0.717) is 29.4 Å². The fraction of sp³-hybridized carbons (Fsp3) is 0.125. The van der Waals surface area contributed by atoms with Gasteiger partial charge in [0.25, 0.3) is 0 Å². The molecule has 1 heterocycles. The number of carbonyl (C=O) groups excluding carboxylic acids is 1. The first-order chi connectivity index (χ1) is 16.1. The zero-order valence-corrected chi connectivity index (χ0v) is 19.0. The van der Waals surface area contributed by atoms with Gasteiger partial charge < -0.3 is 25.8 Å². The number of nitrogens with one attached hydrogen (secondary N) is 2. The zero-order valence-electron chi connectivity index (χ0n) is 18.2. The molecule has 33 heavy (non-hydrogen) atoms. The molecule has 168 valence electrons. The van der Waals surface area contributed by atoms with Crippen LogP contribution in [0, 0.1) is 0 Å². The van der Waals surface area contributed by atoms with Crippen molar-refractivity contribution in [2.45, 2.75) is 16.5 Å². The molecule has 4 aromatic rings. The van der Waals surface area contributed by atoms with Crippen LogP contribution < -0.4 is 25.8 Å². The Morgan fingerprint density at radius 2 is 1.67 bits per heavy atom. The average Bonchev–Trinajstić information content (AvgIpc) is 2.84. The number of carbonyl (C=O) groups is 1. The van der Waals surface area contributed by atoms with E-state index in [1.807, 2.05) is 60.7 Å². The highest BCUT2D eigenvalue weighted by Crippen LogP contribution is 2.37. The molecule has 1 aromatic heterocycles. The first-order valence-electron chi connectivity index (χ1n) is 10.1. The van der Waals surface area contributed by atoms with E-state index >= 15 is 0 Å². The maximum Gasteiger partial charge on any atom is 0.323 e. The molecule has 0 aliphatic rings. The standard InChI is InChI=1S/C24H23N5O3S/c1-31-21-11-19-20(12-22(21)32-2)26-14-27-23(19)33-18-5-3-4-17(10-18)29-24(30)28-16-8-6-15(13-25)7-9-16/h3-12,14H,13,25H2,1-2H3,(H2,28,29,30). The van der Waals surface area contributed by atoms with Crippen LogP contribution in [0.3, 0.4) is 0 Å². The van der Waals surface area contributed by atoms with Gasteiger partial charge in [0.15, 0.2) is 11.5 Å². The van der Waals surface area contributed by atoms with E-state index in [4.69, 9.17) is 15.2 Å². The average molecular weight is 462 g/mol. The van der Waals surface area contributed by atoms with Crippen molar-refractivity contribution < 1.29 is 14.3 Å². The van der Waals surface area contributed by atoms with Crippen LogP contribution in [0.25, 0.3) is 10.9 Å². The number of rotatable bonds is 7. The fourth-order valence-corrected chi connectivity index (χ4v) is 4.14. The Morgan fingerprint density at radius 3 is 2.39 bits per heavy atom. The quantitative estimate of drug-likeness (QED) is 0.336. The van der Waals surface area contributed by atoms with Crippen LogP contribution in [0.4, 0.5) is 16.2 Å². The van der Waals surface area contributed by atoms with Gasteiger partial charge in [0.2, 0.25) is 0 Å². The molecule has 0 unspecified atom stereocenters. The van der Waals surface area contributed by atoms with Crippen LogP contribution in [0.1, 0.15) is 5.56 Å². The van der Waals surface area contributed by atoms with E-state index in [0.717, 1.165) is 26.4 Å². The summed E-state index contributed by atoms with van der Waals surface area (Å²) in [5.41, 5.74) is 8.71. The molecule has 8 nitrogen and oxygen atoms in total. The Morgan fingerprint density at radius 1 is 0.939 bits per heavy atom. The largest absolute Gasteiger partial charge is 0.493 e. The van der Waals surface area contributed by atoms with Crippen LogP contribution in [-0.2, 0) is 6.54 Å². The number of amides is 2. The van der Waals surface area contributed by atoms with Gasteiger partial charge in [-0.1, -0.05) is 30.0 Å². The minimum atomic E-state index is -0.332. The van der Waals surface area contributed by atoms with Crippen LogP contribution in [0.15, 0.2) is 76.9 Å². The third-order valence-corrected chi connectivity index (χ3v) is 5.87. The number of fused-ring (bicyclic) bond motifs is 1. The monoisotopic (exact) mass is 461 g/mol. The number of anilines is 2. The van der Waals surface area contributed by atoms with Crippen molar-refractivity contribution in [3.05, 3.63) is 72.6 Å². The number of aromatic nitrogens is 2. The van der Waals surface area contributed by atoms with E-state index in [9.17, 15) is 4.79 Å². The highest BCUT2D eigenvalue weighted by atomic mass is 32.2. The Hall–Kier alpha value is -3.82. The lowest BCUT2D eigenvalue weighted by Gasteiger charge is -2.11. The second kappa shape index (κ2) is 10.2. The van der Waals surface area contributed by atoms with Gasteiger partial charge in [0.1, 0.15) is 11.4 Å². The van der Waals surface area contributed by atoms with Gasteiger partial charge in [0, 0.05) is 34.3 Å². The minimum Gasteiger partial charge on any atom is -0.493 e. The Kier molecular flexibility index (Phi) is 6.92. The number of nitrogens with two attached hydrogens (primary N) is 1. The second-order valence-electron chi connectivity index (χ2n) is 7.01. The normalized spacial score (nSPS) is 10.6. The van der Waals surface area contributed by atoms with Crippen LogP contribution in [0.2, 0.25) is 0 Å². The summed E-state index contributed by atoms with van der Waals surface area (Å²) in [5, 5.41) is 7.28. The molecule has 4 N–H and O–H groups in total. The maximum absolute atomic E-state index is 12.4. The Balaban J connectivity index is 1.51. The summed E-state index contributed by atoms with van der Waals surface area (Å²) in [6, 6.07) is 18.3. The number of ether oxygens (including phenoxy) is 2. The van der Waals surface area contributed by atoms with E-state index < -0.39 is 0 Å². The molecular weight excluding hydrogens is 438 g/mol. The number of urea groups is 1. The summed E-state index contributed by atoms with van der Waals surface area (Å²) in [4.78, 5) is 22.1. The molecule has 0 atom stereocenters. The van der Waals surface area contributed by atoms with Crippen molar-refractivity contribution in [3.8, 4) is 11.5 Å². The first-order valence-corrected chi connectivity index (χ1v) is 10.9. The number of hydrogen-bond donors (Lipinski definition) is 3. The van der Waals surface area contributed by atoms with Gasteiger partial charge in [-0.2, -0.15) is 0 Å². The van der Waals surface area contributed by atoms with Gasteiger partial charge in [-0.15, -0.1) is 0 Å². The highest BCUT2D eigenvalue weighted by Gasteiger charge is 2.12. The van der Waals surface area contributed by atoms with E-state index in [2.05, 4.69) is 20.6 Å². The molecule has 2 amide bonds. The lowest BCUT2D eigenvalue weighted by Crippen LogP contribution is -2.19. The van der Waals surface area contributed by atoms with Crippen molar-refractivity contribution in [2.24, 2.45) is 5.73 Å². The van der Waals surface area contributed by atoms with E-state index in [1.54, 1.807) is 14.2 Å². The molecule has 3 aromatic carbocycles. The summed E-state index contributed by atoms with van der Waals surface area (Å²) in [6.07, 6.45) is 1.52. The zero-order chi connectivity index (χ0) is 23.2. The number of nitrogens with zero attached hydrogens (tertiary/aromatic N) is 2. The fourth-order valence-electron chi connectivity index (χ4n) is 3.21. The van der Waals surface area contributed by atoms with Crippen LogP contribution >= 0.6 is 11.8 Å². The topological polar surface area (TPSA) is 111 Å². The molecule has 0 radical (unpaired) electrons. The van der Waals surface area contributed by atoms with E-state index in [-0.39, 0.29) is 6.03 Å². The van der Waals surface area contributed by atoms with Crippen molar-refractivity contribution in [1.82, 2.24) is 9.97 Å². The van der Waals surface area contributed by atoms with Gasteiger partial charge in [0.05, 0.1) is 19.7 Å². The molecule has 0 bridgehead atoms. The van der Waals surface area contributed by atoms with Crippen molar-refractivity contribution in [3.63, 3.8) is 0 Å². The smallest absolute Gasteiger partial charge is 0.323 e. The molecule has 4 rings (SSSR count). The summed E-state index contributed by atoms with van der Waals surface area (Å²) < 4.78 is 10.8. The maximum atomic E-state index is 12.4. The van der Waals surface area contributed by atoms with E-state index in [1.165, 1.54) is 18.1 Å². The van der Waals surface area contributed by atoms with Crippen LogP contribution in [0.5, 0.6) is 11.5 Å². The highest BCUT2D eigenvalue weighted by molar-refractivity contribution is 7.99. The minimum absolute atomic E-state index is 0.332. The number of methoxy groups -OCH3 is 2. The molecule has 0 saturated carbocycles. The molecular formula is C24H23N5O3S. The van der Waals surface area contributed by atoms with Gasteiger partial charge in [-0.05, 0) is 42.0 Å². The lowest BCUT2D eigenvalue weighted by molar-refractivity contribution is 0.262. The second-order valence-corrected chi connectivity index (χ2v) is 8.08. The predicted molar refractivity (Wildman–Crippen MR) is 130 cm³/mol. The van der Waals surface area contributed by atoms with Gasteiger partial charge in [-0.3, -0.25) is 0 Å². The molecule has 9 heteroatoms. The third kappa shape index (κ3) is 5.33. The molecule has 0 spiro atoms. The first kappa shape index (κ1) is 22.4. The summed E-state index contributed by atoms with van der Waals surface area (Å²) in [7, 11) is 3.18. The van der Waals surface area contributed by atoms with Gasteiger partial charge in [-0.25, -0.2) is 14.8 Å². The molecule has 0 fully saturated rings. The summed E-state index contributed by atoms with van der Waals surface area (Å²) in [5.74, 6) is 1.21. The summed E-state index contributed by atoms with van der Waals surface area (Å²) >= 11 is 1.47. The number of hydrogen-bond acceptors (Lipinski definition) is 7. The Labute approximate surface area is 195 Å². The van der Waals surface area contributed by atoms with Crippen molar-refractivity contribution in [2.75, 3.05) is 24.9 Å². The summed E-state index contributed by atoms with van der Waals surface area (Å²) in [6.45, 7) is 0.457. The van der Waals surface area contributed by atoms with Gasteiger partial charge >= 0.3 is 6.03 Å². The SMILES string of the molecule is COc1cc2ncnc(Sc3cccc(NC(=O)Nc4ccc(CN)cc4)c3)c2cc1OC. The molecule has 0 aliphatic heterocycles. The third-order valence-electron chi connectivity index (χ3n) is 4.86. The van der Waals surface area contributed by atoms with Crippen molar-refractivity contribution >= 4 is 40.1 Å².